The molecular formula is C30H34BF2NO5. The van der Waals surface area contributed by atoms with Crippen LogP contribution >= 0.6 is 0 Å². The molecule has 1 aromatic heterocycles. The molecule has 2 aromatic carbocycles. The number of carbonyl (C=O) groups excluding carboxylic acids is 1. The van der Waals surface area contributed by atoms with Crippen LogP contribution < -0.4 is 10.1 Å². The Kier molecular flexibility index (Phi) is 6.50. The van der Waals surface area contributed by atoms with Crippen molar-refractivity contribution in [2.45, 2.75) is 63.6 Å². The number of amides is 1. The Labute approximate surface area is 227 Å². The van der Waals surface area contributed by atoms with Gasteiger partial charge in [0.2, 0.25) is 0 Å². The molecular weight excluding hydrogens is 503 g/mol. The van der Waals surface area contributed by atoms with Crippen molar-refractivity contribution in [3.8, 4) is 5.75 Å². The van der Waals surface area contributed by atoms with Crippen LogP contribution in [-0.4, -0.2) is 37.8 Å². The Morgan fingerprint density at radius 2 is 1.90 bits per heavy atom. The predicted octanol–water partition coefficient (Wildman–Crippen LogP) is 5.77. The van der Waals surface area contributed by atoms with E-state index in [9.17, 15) is 4.79 Å². The summed E-state index contributed by atoms with van der Waals surface area (Å²) in [5.74, 6) is -3.67. The number of methoxy groups -OCH3 is 1. The maximum Gasteiger partial charge on any atom is 0.482 e. The fourth-order valence-electron chi connectivity index (χ4n) is 7.17. The van der Waals surface area contributed by atoms with Gasteiger partial charge in [-0.15, -0.1) is 0 Å². The predicted molar refractivity (Wildman–Crippen MR) is 143 cm³/mol. The molecule has 3 fully saturated rings. The quantitative estimate of drug-likeness (QED) is 0.388. The maximum absolute atomic E-state index is 15.4. The zero-order chi connectivity index (χ0) is 27.5. The third kappa shape index (κ3) is 4.34. The van der Waals surface area contributed by atoms with E-state index in [4.69, 9.17) is 18.5 Å². The average Bonchev–Trinajstić information content (AvgIpc) is 3.58. The SMILES string of the molecule is COc1ccc(C(F)(F)C(=O)N[C@@H](Cc2coc3ccccc23)B2O[C@@H]3CC4CC(C(C)C4C)[C@]3(C)O2)cc1. The van der Waals surface area contributed by atoms with Crippen LogP contribution in [0.3, 0.4) is 0 Å². The fourth-order valence-corrected chi connectivity index (χ4v) is 7.17. The number of halogens is 2. The Hall–Kier alpha value is -2.91. The van der Waals surface area contributed by atoms with Gasteiger partial charge in [-0.2, -0.15) is 8.78 Å². The lowest BCUT2D eigenvalue weighted by atomic mass is 9.72. The number of benzene rings is 2. The second kappa shape index (κ2) is 9.63. The monoisotopic (exact) mass is 537 g/mol. The van der Waals surface area contributed by atoms with Gasteiger partial charge in [-0.05, 0) is 85.8 Å². The molecule has 2 heterocycles. The van der Waals surface area contributed by atoms with Gasteiger partial charge in [-0.1, -0.05) is 32.0 Å². The first-order valence-electron chi connectivity index (χ1n) is 13.7. The van der Waals surface area contributed by atoms with Crippen molar-refractivity contribution in [1.29, 1.82) is 0 Å². The topological polar surface area (TPSA) is 69.9 Å². The minimum absolute atomic E-state index is 0.152. The molecule has 1 N–H and O–H groups in total. The van der Waals surface area contributed by atoms with Gasteiger partial charge >= 0.3 is 13.0 Å². The standard InChI is InChI=1S/C30H34BF2NO5/c1-17-18(2)24-13-19(17)14-26-29(24,3)39-31(38-26)27(15-20-16-37-25-8-6-5-7-23(20)25)34-28(35)30(32,33)21-9-11-22(36-4)12-10-21/h5-12,16-19,24,26-27H,13-15H2,1-4H3,(H,34,35)/t17?,18?,19?,24?,26-,27+,29+/m1/s1. The number of nitrogens with one attached hydrogen (secondary N) is 1. The summed E-state index contributed by atoms with van der Waals surface area (Å²) in [7, 11) is 0.586. The molecule has 2 aliphatic carbocycles. The zero-order valence-electron chi connectivity index (χ0n) is 22.7. The number of rotatable bonds is 7. The molecule has 1 amide bonds. The van der Waals surface area contributed by atoms with E-state index >= 15 is 8.78 Å². The molecule has 4 unspecified atom stereocenters. The minimum atomic E-state index is -3.76. The molecule has 2 bridgehead atoms. The zero-order valence-corrected chi connectivity index (χ0v) is 22.7. The van der Waals surface area contributed by atoms with Gasteiger partial charge in [-0.25, -0.2) is 0 Å². The number of hydrogen-bond donors (Lipinski definition) is 1. The highest BCUT2D eigenvalue weighted by molar-refractivity contribution is 6.48. The highest BCUT2D eigenvalue weighted by Crippen LogP contribution is 2.58. The number of carbonyl (C=O) groups is 1. The molecule has 0 radical (unpaired) electrons. The van der Waals surface area contributed by atoms with Crippen LogP contribution in [0.4, 0.5) is 8.78 Å². The van der Waals surface area contributed by atoms with Gasteiger partial charge < -0.3 is 23.8 Å². The summed E-state index contributed by atoms with van der Waals surface area (Å²) in [6.45, 7) is 6.66. The average molecular weight is 537 g/mol. The number of para-hydroxylation sites is 1. The smallest absolute Gasteiger partial charge is 0.482 e. The summed E-state index contributed by atoms with van der Waals surface area (Å²) < 4.78 is 54.7. The van der Waals surface area contributed by atoms with E-state index in [1.54, 1.807) is 6.26 Å². The van der Waals surface area contributed by atoms with Crippen molar-refractivity contribution in [3.05, 3.63) is 65.9 Å². The largest absolute Gasteiger partial charge is 0.497 e. The van der Waals surface area contributed by atoms with E-state index in [0.717, 1.165) is 23.8 Å². The van der Waals surface area contributed by atoms with Gasteiger partial charge in [0.15, 0.2) is 0 Å². The maximum atomic E-state index is 15.4. The van der Waals surface area contributed by atoms with Crippen LogP contribution in [0.25, 0.3) is 11.0 Å². The molecule has 0 spiro atoms. The second-order valence-corrected chi connectivity index (χ2v) is 11.7. The first-order valence-corrected chi connectivity index (χ1v) is 13.7. The van der Waals surface area contributed by atoms with Gasteiger partial charge in [0.05, 0.1) is 31.0 Å². The number of furan rings is 1. The van der Waals surface area contributed by atoms with Gasteiger partial charge in [0, 0.05) is 10.9 Å². The van der Waals surface area contributed by atoms with Crippen LogP contribution in [0.2, 0.25) is 0 Å². The lowest BCUT2D eigenvalue weighted by molar-refractivity contribution is -0.147. The molecule has 3 aliphatic rings. The molecule has 39 heavy (non-hydrogen) atoms. The Balaban J connectivity index is 1.29. The van der Waals surface area contributed by atoms with Crippen LogP contribution in [0.15, 0.2) is 59.2 Å². The van der Waals surface area contributed by atoms with Gasteiger partial charge in [0.1, 0.15) is 11.3 Å². The lowest BCUT2D eigenvalue weighted by Crippen LogP contribution is -2.53. The van der Waals surface area contributed by atoms with Crippen molar-refractivity contribution in [3.63, 3.8) is 0 Å². The summed E-state index contributed by atoms with van der Waals surface area (Å²) in [5, 5.41) is 3.47. The van der Waals surface area contributed by atoms with Crippen LogP contribution in [0, 0.1) is 23.7 Å². The van der Waals surface area contributed by atoms with Crippen molar-refractivity contribution >= 4 is 24.0 Å². The molecule has 3 aromatic rings. The summed E-state index contributed by atoms with van der Waals surface area (Å²) in [4.78, 5) is 13.2. The Morgan fingerprint density at radius 1 is 1.15 bits per heavy atom. The third-order valence-electron chi connectivity index (χ3n) is 9.71. The molecule has 1 aliphatic heterocycles. The lowest BCUT2D eigenvalue weighted by Gasteiger charge is -2.41. The molecule has 7 atom stereocenters. The Bertz CT molecular complexity index is 1360. The van der Waals surface area contributed by atoms with Crippen LogP contribution in [0.5, 0.6) is 5.75 Å². The summed E-state index contributed by atoms with van der Waals surface area (Å²) >= 11 is 0. The van der Waals surface area contributed by atoms with E-state index in [0.29, 0.717) is 35.0 Å². The summed E-state index contributed by atoms with van der Waals surface area (Å²) in [6, 6.07) is 12.8. The summed E-state index contributed by atoms with van der Waals surface area (Å²) in [5.41, 5.74) is 0.530. The first-order chi connectivity index (χ1) is 18.6. The normalized spacial score (nSPS) is 30.8. The first kappa shape index (κ1) is 26.3. The van der Waals surface area contributed by atoms with Gasteiger partial charge in [0.25, 0.3) is 5.91 Å². The van der Waals surface area contributed by atoms with E-state index in [1.165, 1.54) is 31.4 Å². The highest BCUT2D eigenvalue weighted by Gasteiger charge is 2.63. The van der Waals surface area contributed by atoms with E-state index in [2.05, 4.69) is 26.1 Å². The van der Waals surface area contributed by atoms with E-state index in [1.807, 2.05) is 24.3 Å². The Morgan fingerprint density at radius 3 is 2.64 bits per heavy atom. The fraction of sp³-hybridized carbons (Fsp3) is 0.500. The summed E-state index contributed by atoms with van der Waals surface area (Å²) in [6.07, 6.45) is 3.62. The van der Waals surface area contributed by atoms with Crippen LogP contribution in [-0.2, 0) is 26.4 Å². The van der Waals surface area contributed by atoms with E-state index < -0.39 is 36.1 Å². The van der Waals surface area contributed by atoms with Crippen LogP contribution in [0.1, 0.15) is 44.7 Å². The minimum Gasteiger partial charge on any atom is -0.497 e. The van der Waals surface area contributed by atoms with Crippen molar-refractivity contribution in [1.82, 2.24) is 5.32 Å². The molecule has 6 nitrogen and oxygen atoms in total. The van der Waals surface area contributed by atoms with Crippen molar-refractivity contribution in [2.75, 3.05) is 7.11 Å². The van der Waals surface area contributed by atoms with Gasteiger partial charge in [-0.3, -0.25) is 4.79 Å². The second-order valence-electron chi connectivity index (χ2n) is 11.7. The third-order valence-corrected chi connectivity index (χ3v) is 9.71. The molecule has 1 saturated heterocycles. The van der Waals surface area contributed by atoms with Crippen molar-refractivity contribution in [2.24, 2.45) is 23.7 Å². The molecule has 6 rings (SSSR count). The molecule has 206 valence electrons. The van der Waals surface area contributed by atoms with Crippen molar-refractivity contribution < 1.29 is 32.0 Å². The molecule has 2 saturated carbocycles. The number of hydrogen-bond acceptors (Lipinski definition) is 5. The number of ether oxygens (including phenoxy) is 1. The highest BCUT2D eigenvalue weighted by atomic mass is 19.3. The molecule has 9 heteroatoms. The number of fused-ring (bicyclic) bond motifs is 5. The van der Waals surface area contributed by atoms with E-state index in [-0.39, 0.29) is 12.5 Å². The number of alkyl halides is 2.